The SMILES string of the molecule is CCOc1cc(/C=N\NC(=O)Cc2csc(Nc3cccc(C(F)(F)F)c3)n2)cc(Cl)c1OCc1cccc([N+](=O)[O-])c1. The van der Waals surface area contributed by atoms with Gasteiger partial charge in [-0.3, -0.25) is 14.9 Å². The number of non-ortho nitro benzene ring substituents is 1. The highest BCUT2D eigenvalue weighted by Crippen LogP contribution is 2.37. The lowest BCUT2D eigenvalue weighted by Crippen LogP contribution is -2.20. The number of amides is 1. The van der Waals surface area contributed by atoms with Gasteiger partial charge in [-0.15, -0.1) is 11.3 Å². The Labute approximate surface area is 252 Å². The van der Waals surface area contributed by atoms with Gasteiger partial charge >= 0.3 is 6.18 Å². The van der Waals surface area contributed by atoms with Crippen molar-refractivity contribution in [3.63, 3.8) is 0 Å². The molecule has 0 saturated heterocycles. The fourth-order valence-electron chi connectivity index (χ4n) is 3.71. The van der Waals surface area contributed by atoms with E-state index in [0.717, 1.165) is 23.5 Å². The van der Waals surface area contributed by atoms with Crippen molar-refractivity contribution in [3.05, 3.63) is 104 Å². The molecule has 1 heterocycles. The number of aromatic nitrogens is 1. The zero-order chi connectivity index (χ0) is 31.0. The number of carbonyl (C=O) groups excluding carboxylic acids is 1. The van der Waals surface area contributed by atoms with Crippen molar-refractivity contribution < 1.29 is 32.4 Å². The van der Waals surface area contributed by atoms with Gasteiger partial charge in [-0.25, -0.2) is 10.4 Å². The number of thiazole rings is 1. The molecule has 2 N–H and O–H groups in total. The molecule has 0 bridgehead atoms. The van der Waals surface area contributed by atoms with Crippen LogP contribution in [0.1, 0.15) is 29.3 Å². The van der Waals surface area contributed by atoms with Gasteiger partial charge in [-0.05, 0) is 48.4 Å². The van der Waals surface area contributed by atoms with Crippen LogP contribution in [0.25, 0.3) is 0 Å². The number of hydrogen-bond donors (Lipinski definition) is 2. The largest absolute Gasteiger partial charge is 0.490 e. The van der Waals surface area contributed by atoms with Crippen LogP contribution in [0.15, 0.2) is 71.1 Å². The summed E-state index contributed by atoms with van der Waals surface area (Å²) in [7, 11) is 0. The van der Waals surface area contributed by atoms with E-state index >= 15 is 0 Å². The number of carbonyl (C=O) groups is 1. The third-order valence-electron chi connectivity index (χ3n) is 5.57. The van der Waals surface area contributed by atoms with Crippen LogP contribution in [0.3, 0.4) is 0 Å². The molecule has 0 radical (unpaired) electrons. The molecule has 3 aromatic carbocycles. The van der Waals surface area contributed by atoms with Gasteiger partial charge in [0.15, 0.2) is 16.6 Å². The van der Waals surface area contributed by atoms with Gasteiger partial charge in [-0.2, -0.15) is 18.3 Å². The molecule has 0 aliphatic heterocycles. The summed E-state index contributed by atoms with van der Waals surface area (Å²) >= 11 is 7.57. The van der Waals surface area contributed by atoms with Crippen molar-refractivity contribution in [1.29, 1.82) is 0 Å². The Morgan fingerprint density at radius 3 is 2.70 bits per heavy atom. The highest BCUT2D eigenvalue weighted by atomic mass is 35.5. The fraction of sp³-hybridized carbons (Fsp3) is 0.179. The molecule has 224 valence electrons. The molecule has 0 aliphatic carbocycles. The number of alkyl halides is 3. The van der Waals surface area contributed by atoms with E-state index in [2.05, 4.69) is 20.8 Å². The van der Waals surface area contributed by atoms with Crippen molar-refractivity contribution in [2.75, 3.05) is 11.9 Å². The number of ether oxygens (including phenoxy) is 2. The zero-order valence-electron chi connectivity index (χ0n) is 22.4. The Hall–Kier alpha value is -4.69. The Kier molecular flexibility index (Phi) is 10.2. The Balaban J connectivity index is 1.35. The number of rotatable bonds is 12. The lowest BCUT2D eigenvalue weighted by molar-refractivity contribution is -0.384. The summed E-state index contributed by atoms with van der Waals surface area (Å²) in [4.78, 5) is 27.2. The van der Waals surface area contributed by atoms with Crippen molar-refractivity contribution in [1.82, 2.24) is 10.4 Å². The number of nitrogens with one attached hydrogen (secondary N) is 2. The van der Waals surface area contributed by atoms with E-state index in [9.17, 15) is 28.1 Å². The molecule has 43 heavy (non-hydrogen) atoms. The van der Waals surface area contributed by atoms with Crippen molar-refractivity contribution in [2.45, 2.75) is 26.1 Å². The van der Waals surface area contributed by atoms with Crippen molar-refractivity contribution in [2.24, 2.45) is 5.10 Å². The Morgan fingerprint density at radius 2 is 1.95 bits per heavy atom. The molecule has 0 fully saturated rings. The number of halogens is 4. The Morgan fingerprint density at radius 1 is 1.16 bits per heavy atom. The van der Waals surface area contributed by atoms with E-state index in [1.54, 1.807) is 36.6 Å². The second kappa shape index (κ2) is 14.0. The van der Waals surface area contributed by atoms with E-state index in [4.69, 9.17) is 21.1 Å². The van der Waals surface area contributed by atoms with Gasteiger partial charge in [0.1, 0.15) is 6.61 Å². The second-order valence-corrected chi connectivity index (χ2v) is 10.1. The summed E-state index contributed by atoms with van der Waals surface area (Å²) in [5.41, 5.74) is 3.23. The first-order chi connectivity index (χ1) is 20.5. The number of anilines is 2. The van der Waals surface area contributed by atoms with Gasteiger partial charge in [0.2, 0.25) is 5.91 Å². The topological polar surface area (TPSA) is 128 Å². The molecule has 1 aromatic heterocycles. The van der Waals surface area contributed by atoms with E-state index in [-0.39, 0.29) is 35.2 Å². The molecular formula is C28H23ClF3N5O5S. The predicted molar refractivity (Wildman–Crippen MR) is 156 cm³/mol. The summed E-state index contributed by atoms with van der Waals surface area (Å²) in [5.74, 6) is 0.0889. The lowest BCUT2D eigenvalue weighted by Gasteiger charge is -2.14. The minimum Gasteiger partial charge on any atom is -0.490 e. The predicted octanol–water partition coefficient (Wildman–Crippen LogP) is 7.14. The molecular weight excluding hydrogens is 611 g/mol. The molecule has 10 nitrogen and oxygen atoms in total. The average molecular weight is 634 g/mol. The summed E-state index contributed by atoms with van der Waals surface area (Å²) in [5, 5.41) is 19.9. The quantitative estimate of drug-likeness (QED) is 0.0964. The highest BCUT2D eigenvalue weighted by Gasteiger charge is 2.30. The van der Waals surface area contributed by atoms with Crippen LogP contribution < -0.4 is 20.2 Å². The molecule has 0 aliphatic rings. The molecule has 15 heteroatoms. The molecule has 4 rings (SSSR count). The van der Waals surface area contributed by atoms with Gasteiger partial charge in [0, 0.05) is 23.2 Å². The summed E-state index contributed by atoms with van der Waals surface area (Å²) < 4.78 is 50.3. The van der Waals surface area contributed by atoms with E-state index in [0.29, 0.717) is 34.3 Å². The number of hydrogen-bond acceptors (Lipinski definition) is 9. The maximum atomic E-state index is 12.9. The van der Waals surface area contributed by atoms with E-state index in [1.807, 2.05) is 0 Å². The van der Waals surface area contributed by atoms with E-state index < -0.39 is 22.6 Å². The third-order valence-corrected chi connectivity index (χ3v) is 6.66. The molecule has 4 aromatic rings. The van der Waals surface area contributed by atoms with Crippen LogP contribution in [0.2, 0.25) is 5.02 Å². The van der Waals surface area contributed by atoms with Crippen LogP contribution in [0.5, 0.6) is 11.5 Å². The standard InChI is InChI=1S/C28H23ClF3N5O5S/c1-2-41-24-11-18(10-23(29)26(24)42-15-17-5-3-8-22(9-17)37(39)40)14-33-36-25(38)13-21-16-43-27(35-21)34-20-7-4-6-19(12-20)28(30,31)32/h3-12,14,16H,2,13,15H2,1H3,(H,34,35)(H,36,38)/b33-14-. The van der Waals surface area contributed by atoms with Crippen LogP contribution in [-0.2, 0) is 24.0 Å². The van der Waals surface area contributed by atoms with Crippen LogP contribution in [0, 0.1) is 10.1 Å². The fourth-order valence-corrected chi connectivity index (χ4v) is 4.71. The van der Waals surface area contributed by atoms with Crippen molar-refractivity contribution >= 4 is 51.6 Å². The maximum absolute atomic E-state index is 12.9. The second-order valence-electron chi connectivity index (χ2n) is 8.80. The molecule has 0 atom stereocenters. The van der Waals surface area contributed by atoms with Gasteiger partial charge in [0.25, 0.3) is 5.69 Å². The first-order valence-corrected chi connectivity index (χ1v) is 13.8. The zero-order valence-corrected chi connectivity index (χ0v) is 23.9. The van der Waals surface area contributed by atoms with Gasteiger partial charge < -0.3 is 14.8 Å². The number of nitro benzene ring substituents is 1. The van der Waals surface area contributed by atoms with Crippen LogP contribution in [0.4, 0.5) is 29.7 Å². The summed E-state index contributed by atoms with van der Waals surface area (Å²) in [6.07, 6.45) is -3.22. The number of nitro groups is 1. The molecule has 1 amide bonds. The minimum absolute atomic E-state index is 0.0127. The monoisotopic (exact) mass is 633 g/mol. The normalized spacial score (nSPS) is 11.4. The number of nitrogens with zero attached hydrogens (tertiary/aromatic N) is 3. The average Bonchev–Trinajstić information content (AvgIpc) is 3.38. The number of benzene rings is 3. The third kappa shape index (κ3) is 8.90. The summed E-state index contributed by atoms with van der Waals surface area (Å²) in [6, 6.07) is 13.9. The first-order valence-electron chi connectivity index (χ1n) is 12.5. The molecule has 0 unspecified atom stereocenters. The summed E-state index contributed by atoms with van der Waals surface area (Å²) in [6.45, 7) is 2.09. The highest BCUT2D eigenvalue weighted by molar-refractivity contribution is 7.13. The van der Waals surface area contributed by atoms with Crippen LogP contribution in [-0.4, -0.2) is 28.6 Å². The smallest absolute Gasteiger partial charge is 0.416 e. The maximum Gasteiger partial charge on any atom is 0.416 e. The van der Waals surface area contributed by atoms with Gasteiger partial charge in [0.05, 0.1) is 40.4 Å². The van der Waals surface area contributed by atoms with Crippen molar-refractivity contribution in [3.8, 4) is 11.5 Å². The van der Waals surface area contributed by atoms with Crippen LogP contribution >= 0.6 is 22.9 Å². The van der Waals surface area contributed by atoms with Gasteiger partial charge in [-0.1, -0.05) is 29.8 Å². The Bertz CT molecular complexity index is 1650. The van der Waals surface area contributed by atoms with E-state index in [1.165, 1.54) is 30.5 Å². The first kappa shape index (κ1) is 31.3. The molecule has 0 spiro atoms. The number of hydrazone groups is 1. The minimum atomic E-state index is -4.47. The lowest BCUT2D eigenvalue weighted by atomic mass is 10.2. The molecule has 0 saturated carbocycles.